The SMILES string of the molecule is CC1Cc2cc(S(=O)(=O)N[C@@H]3CNC[C@H]3c3ccccc3)ccc2O1. The lowest BCUT2D eigenvalue weighted by atomic mass is 9.95. The zero-order valence-corrected chi connectivity index (χ0v) is 14.9. The summed E-state index contributed by atoms with van der Waals surface area (Å²) in [6.07, 6.45) is 0.846. The van der Waals surface area contributed by atoms with E-state index >= 15 is 0 Å². The van der Waals surface area contributed by atoms with E-state index in [4.69, 9.17) is 4.74 Å². The van der Waals surface area contributed by atoms with Crippen molar-refractivity contribution < 1.29 is 13.2 Å². The van der Waals surface area contributed by atoms with Gasteiger partial charge in [-0.05, 0) is 36.2 Å². The molecule has 2 N–H and O–H groups in total. The Balaban J connectivity index is 1.56. The fraction of sp³-hybridized carbons (Fsp3) is 0.368. The number of benzene rings is 2. The number of hydrogen-bond donors (Lipinski definition) is 2. The molecule has 2 aliphatic rings. The minimum atomic E-state index is -3.57. The van der Waals surface area contributed by atoms with Gasteiger partial charge < -0.3 is 10.1 Å². The molecule has 25 heavy (non-hydrogen) atoms. The van der Waals surface area contributed by atoms with Gasteiger partial charge in [0, 0.05) is 31.5 Å². The average Bonchev–Trinajstić information content (AvgIpc) is 3.19. The maximum Gasteiger partial charge on any atom is 0.240 e. The first-order valence-corrected chi connectivity index (χ1v) is 10.1. The van der Waals surface area contributed by atoms with E-state index in [0.29, 0.717) is 11.4 Å². The van der Waals surface area contributed by atoms with E-state index < -0.39 is 10.0 Å². The number of rotatable bonds is 4. The highest BCUT2D eigenvalue weighted by molar-refractivity contribution is 7.89. The summed E-state index contributed by atoms with van der Waals surface area (Å²) in [5, 5.41) is 3.30. The van der Waals surface area contributed by atoms with Crippen molar-refractivity contribution in [1.82, 2.24) is 10.0 Å². The molecule has 0 amide bonds. The summed E-state index contributed by atoms with van der Waals surface area (Å²) >= 11 is 0. The van der Waals surface area contributed by atoms with Gasteiger partial charge in [-0.1, -0.05) is 30.3 Å². The van der Waals surface area contributed by atoms with Gasteiger partial charge in [-0.2, -0.15) is 0 Å². The predicted molar refractivity (Wildman–Crippen MR) is 96.4 cm³/mol. The summed E-state index contributed by atoms with van der Waals surface area (Å²) in [4.78, 5) is 0.308. The lowest BCUT2D eigenvalue weighted by Gasteiger charge is -2.20. The monoisotopic (exact) mass is 358 g/mol. The summed E-state index contributed by atoms with van der Waals surface area (Å²) in [6, 6.07) is 15.0. The summed E-state index contributed by atoms with van der Waals surface area (Å²) in [5.74, 6) is 0.921. The summed E-state index contributed by atoms with van der Waals surface area (Å²) in [7, 11) is -3.57. The lowest BCUT2D eigenvalue weighted by molar-refractivity contribution is 0.254. The Hall–Kier alpha value is -1.89. The largest absolute Gasteiger partial charge is 0.490 e. The molecule has 2 aliphatic heterocycles. The second-order valence-electron chi connectivity index (χ2n) is 6.81. The van der Waals surface area contributed by atoms with Crippen molar-refractivity contribution in [2.24, 2.45) is 0 Å². The van der Waals surface area contributed by atoms with Gasteiger partial charge in [0.15, 0.2) is 0 Å². The van der Waals surface area contributed by atoms with Gasteiger partial charge in [0.2, 0.25) is 10.0 Å². The molecule has 0 aliphatic carbocycles. The quantitative estimate of drug-likeness (QED) is 0.878. The standard InChI is InChI=1S/C19H22N2O3S/c1-13-9-15-10-16(7-8-19(15)24-13)25(22,23)21-18-12-20-11-17(18)14-5-3-2-4-6-14/h2-8,10,13,17-18,20-21H,9,11-12H2,1H3/t13?,17-,18+/m0/s1. The zero-order chi connectivity index (χ0) is 17.4. The minimum Gasteiger partial charge on any atom is -0.490 e. The zero-order valence-electron chi connectivity index (χ0n) is 14.1. The molecule has 1 saturated heterocycles. The molecule has 4 rings (SSSR count). The van der Waals surface area contributed by atoms with Crippen LogP contribution in [0.1, 0.15) is 24.0 Å². The van der Waals surface area contributed by atoms with Gasteiger partial charge in [0.1, 0.15) is 11.9 Å². The molecule has 0 bridgehead atoms. The van der Waals surface area contributed by atoms with E-state index in [9.17, 15) is 8.42 Å². The van der Waals surface area contributed by atoms with E-state index in [-0.39, 0.29) is 18.1 Å². The van der Waals surface area contributed by atoms with Crippen molar-refractivity contribution in [3.63, 3.8) is 0 Å². The van der Waals surface area contributed by atoms with Crippen LogP contribution in [0.25, 0.3) is 0 Å². The van der Waals surface area contributed by atoms with Crippen molar-refractivity contribution >= 4 is 10.0 Å². The van der Waals surface area contributed by atoms with Crippen molar-refractivity contribution in [3.05, 3.63) is 59.7 Å². The molecule has 132 valence electrons. The maximum atomic E-state index is 12.9. The van der Waals surface area contributed by atoms with E-state index in [1.54, 1.807) is 18.2 Å². The smallest absolute Gasteiger partial charge is 0.240 e. The highest BCUT2D eigenvalue weighted by atomic mass is 32.2. The first-order valence-electron chi connectivity index (χ1n) is 8.60. The van der Waals surface area contributed by atoms with Gasteiger partial charge in [0.25, 0.3) is 0 Å². The number of hydrogen-bond acceptors (Lipinski definition) is 4. The van der Waals surface area contributed by atoms with Crippen molar-refractivity contribution in [1.29, 1.82) is 0 Å². The Kier molecular flexibility index (Phi) is 4.27. The Morgan fingerprint density at radius 3 is 2.72 bits per heavy atom. The summed E-state index contributed by atoms with van der Waals surface area (Å²) in [5.41, 5.74) is 2.11. The third kappa shape index (κ3) is 3.29. The molecular formula is C19H22N2O3S. The molecule has 0 spiro atoms. The average molecular weight is 358 g/mol. The number of sulfonamides is 1. The lowest BCUT2D eigenvalue weighted by Crippen LogP contribution is -2.39. The van der Waals surface area contributed by atoms with Gasteiger partial charge in [-0.15, -0.1) is 0 Å². The molecule has 6 heteroatoms. The number of nitrogens with one attached hydrogen (secondary N) is 2. The molecule has 3 atom stereocenters. The van der Waals surface area contributed by atoms with Crippen molar-refractivity contribution in [2.45, 2.75) is 36.3 Å². The normalized spacial score (nSPS) is 25.6. The van der Waals surface area contributed by atoms with Crippen LogP contribution in [0.15, 0.2) is 53.4 Å². The van der Waals surface area contributed by atoms with Crippen molar-refractivity contribution in [2.75, 3.05) is 13.1 Å². The third-order valence-corrected chi connectivity index (χ3v) is 6.41. The van der Waals surface area contributed by atoms with Gasteiger partial charge in [-0.3, -0.25) is 0 Å². The molecule has 2 aromatic carbocycles. The van der Waals surface area contributed by atoms with Crippen LogP contribution in [0, 0.1) is 0 Å². The molecule has 5 nitrogen and oxygen atoms in total. The molecule has 1 fully saturated rings. The van der Waals surface area contributed by atoms with E-state index in [1.807, 2.05) is 37.3 Å². The van der Waals surface area contributed by atoms with E-state index in [0.717, 1.165) is 29.8 Å². The Morgan fingerprint density at radius 2 is 1.92 bits per heavy atom. The maximum absolute atomic E-state index is 12.9. The minimum absolute atomic E-state index is 0.0995. The van der Waals surface area contributed by atoms with Crippen LogP contribution in [-0.4, -0.2) is 33.7 Å². The third-order valence-electron chi connectivity index (χ3n) is 4.93. The molecule has 1 unspecified atom stereocenters. The van der Waals surface area contributed by atoms with Gasteiger partial charge in [-0.25, -0.2) is 13.1 Å². The molecule has 0 aromatic heterocycles. The Bertz CT molecular complexity index is 867. The fourth-order valence-corrected chi connectivity index (χ4v) is 5.01. The summed E-state index contributed by atoms with van der Waals surface area (Å²) in [6.45, 7) is 3.39. The van der Waals surface area contributed by atoms with Crippen LogP contribution in [-0.2, 0) is 16.4 Å². The fourth-order valence-electron chi connectivity index (χ4n) is 3.69. The van der Waals surface area contributed by atoms with Crippen molar-refractivity contribution in [3.8, 4) is 5.75 Å². The second kappa shape index (κ2) is 6.44. The first-order chi connectivity index (χ1) is 12.0. The molecular weight excluding hydrogens is 336 g/mol. The molecule has 0 saturated carbocycles. The van der Waals surface area contributed by atoms with Crippen LogP contribution in [0.3, 0.4) is 0 Å². The van der Waals surface area contributed by atoms with Crippen LogP contribution < -0.4 is 14.8 Å². The van der Waals surface area contributed by atoms with Crippen LogP contribution in [0.2, 0.25) is 0 Å². The Morgan fingerprint density at radius 1 is 1.12 bits per heavy atom. The van der Waals surface area contributed by atoms with E-state index in [1.165, 1.54) is 0 Å². The van der Waals surface area contributed by atoms with Gasteiger partial charge in [0.05, 0.1) is 4.90 Å². The highest BCUT2D eigenvalue weighted by Crippen LogP contribution is 2.31. The predicted octanol–water partition coefficient (Wildman–Crippen LogP) is 2.04. The first kappa shape index (κ1) is 16.6. The number of ether oxygens (including phenoxy) is 1. The second-order valence-corrected chi connectivity index (χ2v) is 8.52. The van der Waals surface area contributed by atoms with E-state index in [2.05, 4.69) is 10.0 Å². The topological polar surface area (TPSA) is 67.4 Å². The van der Waals surface area contributed by atoms with Gasteiger partial charge >= 0.3 is 0 Å². The molecule has 0 radical (unpaired) electrons. The Labute approximate surface area is 148 Å². The van der Waals surface area contributed by atoms with Crippen LogP contribution in [0.5, 0.6) is 5.75 Å². The highest BCUT2D eigenvalue weighted by Gasteiger charge is 2.32. The molecule has 2 heterocycles. The summed E-state index contributed by atoms with van der Waals surface area (Å²) < 4.78 is 34.3. The molecule has 2 aromatic rings. The van der Waals surface area contributed by atoms with Crippen LogP contribution >= 0.6 is 0 Å². The number of fused-ring (bicyclic) bond motifs is 1. The van der Waals surface area contributed by atoms with Crippen LogP contribution in [0.4, 0.5) is 0 Å².